The highest BCUT2D eigenvalue weighted by Crippen LogP contribution is 2.26. The molecule has 36 heavy (non-hydrogen) atoms. The van der Waals surface area contributed by atoms with Crippen molar-refractivity contribution in [2.45, 2.75) is 12.7 Å². The molecule has 11 heteroatoms. The normalized spacial score (nSPS) is 14.4. The molecule has 1 aliphatic rings. The molecule has 4 rings (SSSR count). The highest BCUT2D eigenvalue weighted by Gasteiger charge is 2.29. The molecule has 3 aromatic rings. The second kappa shape index (κ2) is 10.9. The predicted octanol–water partition coefficient (Wildman–Crippen LogP) is 4.00. The second-order valence-corrected chi connectivity index (χ2v) is 8.15. The van der Waals surface area contributed by atoms with E-state index in [0.29, 0.717) is 18.9 Å². The maximum atomic E-state index is 13.7. The molecule has 1 fully saturated rings. The monoisotopic (exact) mass is 505 g/mol. The first-order valence-corrected chi connectivity index (χ1v) is 11.1. The van der Waals surface area contributed by atoms with Crippen LogP contribution in [0.5, 0.6) is 5.75 Å². The molecule has 0 bridgehead atoms. The van der Waals surface area contributed by atoms with E-state index in [9.17, 15) is 27.2 Å². The number of aromatic nitrogens is 1. The molecule has 0 aliphatic carbocycles. The number of morpholine rings is 1. The first-order valence-electron chi connectivity index (χ1n) is 11.1. The van der Waals surface area contributed by atoms with Gasteiger partial charge < -0.3 is 14.8 Å². The zero-order chi connectivity index (χ0) is 25.7. The number of carbonyl (C=O) groups excluding carboxylic acids is 1. The Labute approximate surface area is 203 Å². The molecular weight excluding hydrogens is 482 g/mol. The first kappa shape index (κ1) is 25.4. The van der Waals surface area contributed by atoms with Crippen LogP contribution in [0, 0.1) is 5.82 Å². The Morgan fingerprint density at radius 1 is 1.06 bits per heavy atom. The molecule has 0 atom stereocenters. The fourth-order valence-corrected chi connectivity index (χ4v) is 3.73. The van der Waals surface area contributed by atoms with Crippen LogP contribution in [-0.4, -0.2) is 54.5 Å². The molecule has 190 valence electrons. The number of ether oxygens (including phenoxy) is 2. The Morgan fingerprint density at radius 3 is 2.47 bits per heavy atom. The number of rotatable bonds is 7. The van der Waals surface area contributed by atoms with Crippen LogP contribution < -0.4 is 15.6 Å². The molecule has 1 amide bonds. The van der Waals surface area contributed by atoms with Crippen LogP contribution in [0.4, 0.5) is 23.2 Å². The van der Waals surface area contributed by atoms with Gasteiger partial charge >= 0.3 is 6.18 Å². The van der Waals surface area contributed by atoms with Crippen molar-refractivity contribution >= 4 is 11.6 Å². The summed E-state index contributed by atoms with van der Waals surface area (Å²) in [6, 6.07) is 12.7. The number of pyridine rings is 1. The van der Waals surface area contributed by atoms with E-state index in [1.165, 1.54) is 18.3 Å². The molecule has 1 N–H and O–H groups in total. The van der Waals surface area contributed by atoms with Gasteiger partial charge in [0.2, 0.25) is 0 Å². The number of nitrogens with one attached hydrogen (secondary N) is 1. The van der Waals surface area contributed by atoms with Crippen LogP contribution in [0.25, 0.3) is 5.69 Å². The highest BCUT2D eigenvalue weighted by molar-refractivity contribution is 6.04. The standard InChI is InChI=1S/C25H23F4N3O4/c26-18-5-8-21(22(14-18)36-16-25(27,28)29)32-9-1-2-20(24(32)34)23(33)30-19-6-3-17(4-7-19)15-31-10-12-35-13-11-31/h1-9,14H,10-13,15-16H2,(H,30,33). The summed E-state index contributed by atoms with van der Waals surface area (Å²) in [5, 5.41) is 2.65. The third-order valence-corrected chi connectivity index (χ3v) is 5.49. The fraction of sp³-hybridized carbons (Fsp3) is 0.280. The average molecular weight is 505 g/mol. The quantitative estimate of drug-likeness (QED) is 0.492. The van der Waals surface area contributed by atoms with Gasteiger partial charge in [0, 0.05) is 37.6 Å². The number of hydrogen-bond donors (Lipinski definition) is 1. The van der Waals surface area contributed by atoms with Crippen molar-refractivity contribution in [3.63, 3.8) is 0 Å². The number of amides is 1. The SMILES string of the molecule is O=C(Nc1ccc(CN2CCOCC2)cc1)c1cccn(-c2ccc(F)cc2OCC(F)(F)F)c1=O. The maximum absolute atomic E-state index is 13.7. The molecule has 2 aromatic carbocycles. The van der Waals surface area contributed by atoms with E-state index in [0.717, 1.165) is 48.0 Å². The van der Waals surface area contributed by atoms with E-state index in [1.807, 2.05) is 12.1 Å². The van der Waals surface area contributed by atoms with Crippen LogP contribution in [-0.2, 0) is 11.3 Å². The molecular formula is C25H23F4N3O4. The van der Waals surface area contributed by atoms with E-state index in [2.05, 4.69) is 10.2 Å². The van der Waals surface area contributed by atoms with Crippen LogP contribution in [0.2, 0.25) is 0 Å². The smallest absolute Gasteiger partial charge is 0.422 e. The summed E-state index contributed by atoms with van der Waals surface area (Å²) >= 11 is 0. The van der Waals surface area contributed by atoms with Gasteiger partial charge in [-0.05, 0) is 42.0 Å². The lowest BCUT2D eigenvalue weighted by Gasteiger charge is -2.26. The van der Waals surface area contributed by atoms with Crippen molar-refractivity contribution in [2.24, 2.45) is 0 Å². The summed E-state index contributed by atoms with van der Waals surface area (Å²) in [6.07, 6.45) is -3.40. The lowest BCUT2D eigenvalue weighted by molar-refractivity contribution is -0.153. The van der Waals surface area contributed by atoms with E-state index in [4.69, 9.17) is 9.47 Å². The molecule has 2 heterocycles. The van der Waals surface area contributed by atoms with Crippen LogP contribution in [0.1, 0.15) is 15.9 Å². The number of hydrogen-bond acceptors (Lipinski definition) is 5. The van der Waals surface area contributed by atoms with Crippen LogP contribution in [0.15, 0.2) is 65.6 Å². The minimum absolute atomic E-state index is 0.132. The van der Waals surface area contributed by atoms with Crippen molar-refractivity contribution in [3.05, 3.63) is 88.1 Å². The Kier molecular flexibility index (Phi) is 7.70. The molecule has 0 radical (unpaired) electrons. The molecule has 1 aromatic heterocycles. The topological polar surface area (TPSA) is 72.8 Å². The zero-order valence-electron chi connectivity index (χ0n) is 19.1. The van der Waals surface area contributed by atoms with Gasteiger partial charge in [-0.15, -0.1) is 0 Å². The summed E-state index contributed by atoms with van der Waals surface area (Å²) < 4.78 is 62.5. The minimum Gasteiger partial charge on any atom is -0.482 e. The fourth-order valence-electron chi connectivity index (χ4n) is 3.73. The molecule has 0 saturated carbocycles. The Morgan fingerprint density at radius 2 is 1.78 bits per heavy atom. The summed E-state index contributed by atoms with van der Waals surface area (Å²) in [4.78, 5) is 28.1. The Hall–Kier alpha value is -3.70. The van der Waals surface area contributed by atoms with Gasteiger partial charge in [-0.3, -0.25) is 19.1 Å². The van der Waals surface area contributed by atoms with Crippen molar-refractivity contribution in [3.8, 4) is 11.4 Å². The van der Waals surface area contributed by atoms with Gasteiger partial charge in [0.1, 0.15) is 17.1 Å². The van der Waals surface area contributed by atoms with Crippen LogP contribution in [0.3, 0.4) is 0 Å². The van der Waals surface area contributed by atoms with Gasteiger partial charge in [-0.25, -0.2) is 4.39 Å². The predicted molar refractivity (Wildman–Crippen MR) is 124 cm³/mol. The van der Waals surface area contributed by atoms with Crippen LogP contribution >= 0.6 is 0 Å². The summed E-state index contributed by atoms with van der Waals surface area (Å²) in [6.45, 7) is 2.15. The molecule has 1 saturated heterocycles. The van der Waals surface area contributed by atoms with Gasteiger partial charge in [0.15, 0.2) is 6.61 Å². The first-order chi connectivity index (χ1) is 17.2. The third-order valence-electron chi connectivity index (χ3n) is 5.49. The second-order valence-electron chi connectivity index (χ2n) is 8.15. The Bertz CT molecular complexity index is 1270. The zero-order valence-corrected chi connectivity index (χ0v) is 19.1. The number of nitrogens with zero attached hydrogens (tertiary/aromatic N) is 2. The van der Waals surface area contributed by atoms with Crippen molar-refractivity contribution < 1.29 is 31.8 Å². The lowest BCUT2D eigenvalue weighted by Crippen LogP contribution is -2.35. The number of halogens is 4. The van der Waals surface area contributed by atoms with E-state index in [1.54, 1.807) is 12.1 Å². The van der Waals surface area contributed by atoms with Gasteiger partial charge in [-0.1, -0.05) is 12.1 Å². The average Bonchev–Trinajstić information content (AvgIpc) is 2.84. The molecule has 1 aliphatic heterocycles. The van der Waals surface area contributed by atoms with E-state index >= 15 is 0 Å². The number of carbonyl (C=O) groups is 1. The minimum atomic E-state index is -4.66. The summed E-state index contributed by atoms with van der Waals surface area (Å²) in [7, 11) is 0. The highest BCUT2D eigenvalue weighted by atomic mass is 19.4. The maximum Gasteiger partial charge on any atom is 0.422 e. The van der Waals surface area contributed by atoms with E-state index in [-0.39, 0.29) is 11.3 Å². The van der Waals surface area contributed by atoms with Gasteiger partial charge in [0.25, 0.3) is 11.5 Å². The lowest BCUT2D eigenvalue weighted by atomic mass is 10.1. The number of anilines is 1. The summed E-state index contributed by atoms with van der Waals surface area (Å²) in [5.74, 6) is -2.02. The summed E-state index contributed by atoms with van der Waals surface area (Å²) in [5.41, 5.74) is 0.340. The number of alkyl halides is 3. The molecule has 7 nitrogen and oxygen atoms in total. The van der Waals surface area contributed by atoms with Gasteiger partial charge in [-0.2, -0.15) is 13.2 Å². The molecule has 0 spiro atoms. The molecule has 0 unspecified atom stereocenters. The van der Waals surface area contributed by atoms with Gasteiger partial charge in [0.05, 0.1) is 18.9 Å². The van der Waals surface area contributed by atoms with E-state index < -0.39 is 35.8 Å². The Balaban J connectivity index is 1.51. The number of benzene rings is 2. The van der Waals surface area contributed by atoms with Crippen molar-refractivity contribution in [2.75, 3.05) is 38.2 Å². The third kappa shape index (κ3) is 6.49. The largest absolute Gasteiger partial charge is 0.482 e. The van der Waals surface area contributed by atoms with Crippen molar-refractivity contribution in [1.29, 1.82) is 0 Å². The van der Waals surface area contributed by atoms with Crippen molar-refractivity contribution in [1.82, 2.24) is 9.47 Å².